The molecule has 2 N–H and O–H groups in total. The van der Waals surface area contributed by atoms with Gasteiger partial charge in [0.1, 0.15) is 5.75 Å². The van der Waals surface area contributed by atoms with Crippen molar-refractivity contribution in [2.24, 2.45) is 4.99 Å². The molecule has 0 saturated heterocycles. The van der Waals surface area contributed by atoms with Gasteiger partial charge in [-0.1, -0.05) is 24.3 Å². The highest BCUT2D eigenvalue weighted by Gasteiger charge is 2.07. The molecule has 0 aliphatic carbocycles. The number of likely N-dealkylation sites (N-methyl/N-ethyl adjacent to an activating group) is 1. The zero-order valence-corrected chi connectivity index (χ0v) is 15.6. The zero-order valence-electron chi connectivity index (χ0n) is 14.8. The predicted octanol–water partition coefficient (Wildman–Crippen LogP) is 2.08. The maximum absolute atomic E-state index is 11.8. The SMILES string of the molecule is COc1ccccc1CN=C(NCC(=O)N(C)C)NCc1cccs1. The lowest BCUT2D eigenvalue weighted by Gasteiger charge is -2.15. The molecular formula is C18H24N4O2S. The molecule has 1 amide bonds. The van der Waals surface area contributed by atoms with Crippen LogP contribution in [-0.2, 0) is 17.9 Å². The number of ether oxygens (including phenoxy) is 1. The number of thiophene rings is 1. The lowest BCUT2D eigenvalue weighted by Crippen LogP contribution is -2.42. The molecule has 25 heavy (non-hydrogen) atoms. The van der Waals surface area contributed by atoms with Crippen molar-refractivity contribution >= 4 is 23.2 Å². The monoisotopic (exact) mass is 360 g/mol. The van der Waals surface area contributed by atoms with Gasteiger partial charge in [0, 0.05) is 24.5 Å². The average Bonchev–Trinajstić information content (AvgIpc) is 3.14. The summed E-state index contributed by atoms with van der Waals surface area (Å²) < 4.78 is 5.36. The summed E-state index contributed by atoms with van der Waals surface area (Å²) in [6.07, 6.45) is 0. The lowest BCUT2D eigenvalue weighted by atomic mass is 10.2. The third kappa shape index (κ3) is 6.11. The van der Waals surface area contributed by atoms with E-state index in [-0.39, 0.29) is 12.5 Å². The maximum atomic E-state index is 11.8. The minimum atomic E-state index is -0.0112. The Labute approximate surface area is 152 Å². The summed E-state index contributed by atoms with van der Waals surface area (Å²) in [5.74, 6) is 1.38. The van der Waals surface area contributed by atoms with Gasteiger partial charge in [-0.05, 0) is 17.5 Å². The summed E-state index contributed by atoms with van der Waals surface area (Å²) in [5, 5.41) is 8.38. The highest BCUT2D eigenvalue weighted by atomic mass is 32.1. The van der Waals surface area contributed by atoms with Crippen molar-refractivity contribution in [1.82, 2.24) is 15.5 Å². The van der Waals surface area contributed by atoms with E-state index in [1.807, 2.05) is 35.7 Å². The van der Waals surface area contributed by atoms with E-state index in [0.717, 1.165) is 11.3 Å². The first-order chi connectivity index (χ1) is 12.1. The van der Waals surface area contributed by atoms with Crippen molar-refractivity contribution in [1.29, 1.82) is 0 Å². The van der Waals surface area contributed by atoms with Gasteiger partial charge in [-0.3, -0.25) is 4.79 Å². The van der Waals surface area contributed by atoms with Gasteiger partial charge < -0.3 is 20.3 Å². The number of amides is 1. The number of hydrogen-bond acceptors (Lipinski definition) is 4. The van der Waals surface area contributed by atoms with Crippen LogP contribution in [0.3, 0.4) is 0 Å². The number of guanidine groups is 1. The van der Waals surface area contributed by atoms with Crippen LogP contribution in [0.4, 0.5) is 0 Å². The van der Waals surface area contributed by atoms with E-state index in [1.54, 1.807) is 37.4 Å². The summed E-state index contributed by atoms with van der Waals surface area (Å²) in [4.78, 5) is 19.1. The van der Waals surface area contributed by atoms with Crippen LogP contribution in [0.2, 0.25) is 0 Å². The Bertz CT molecular complexity index is 699. The molecule has 1 heterocycles. The molecule has 0 aliphatic heterocycles. The summed E-state index contributed by atoms with van der Waals surface area (Å²) >= 11 is 1.67. The predicted molar refractivity (Wildman–Crippen MR) is 102 cm³/mol. The van der Waals surface area contributed by atoms with Crippen LogP contribution in [0, 0.1) is 0 Å². The van der Waals surface area contributed by atoms with Crippen LogP contribution < -0.4 is 15.4 Å². The van der Waals surface area contributed by atoms with Gasteiger partial charge in [0.2, 0.25) is 5.91 Å². The summed E-state index contributed by atoms with van der Waals surface area (Å²) in [6, 6.07) is 11.8. The van der Waals surface area contributed by atoms with Gasteiger partial charge in [0.25, 0.3) is 0 Å². The van der Waals surface area contributed by atoms with Gasteiger partial charge in [-0.15, -0.1) is 11.3 Å². The van der Waals surface area contributed by atoms with Gasteiger partial charge >= 0.3 is 0 Å². The van der Waals surface area contributed by atoms with Crippen LogP contribution in [0.5, 0.6) is 5.75 Å². The second-order valence-corrected chi connectivity index (χ2v) is 6.58. The van der Waals surface area contributed by atoms with Gasteiger partial charge in [-0.2, -0.15) is 0 Å². The average molecular weight is 360 g/mol. The fraction of sp³-hybridized carbons (Fsp3) is 0.333. The molecule has 1 aromatic carbocycles. The van der Waals surface area contributed by atoms with Gasteiger partial charge in [-0.25, -0.2) is 4.99 Å². The van der Waals surface area contributed by atoms with Crippen LogP contribution in [0.15, 0.2) is 46.8 Å². The molecule has 0 bridgehead atoms. The van der Waals surface area contributed by atoms with Crippen molar-refractivity contribution in [3.8, 4) is 5.75 Å². The van der Waals surface area contributed by atoms with Crippen LogP contribution in [0.1, 0.15) is 10.4 Å². The molecule has 0 radical (unpaired) electrons. The Kier molecular flexibility index (Phi) is 7.28. The molecule has 0 saturated carbocycles. The van der Waals surface area contributed by atoms with Crippen molar-refractivity contribution in [3.63, 3.8) is 0 Å². The Morgan fingerprint density at radius 1 is 1.20 bits per heavy atom. The number of benzene rings is 1. The van der Waals surface area contributed by atoms with Gasteiger partial charge in [0.15, 0.2) is 5.96 Å². The Morgan fingerprint density at radius 3 is 2.68 bits per heavy atom. The second-order valence-electron chi connectivity index (χ2n) is 5.55. The molecule has 0 fully saturated rings. The van der Waals surface area contributed by atoms with E-state index in [9.17, 15) is 4.79 Å². The van der Waals surface area contributed by atoms with Crippen LogP contribution >= 0.6 is 11.3 Å². The largest absolute Gasteiger partial charge is 0.496 e. The number of hydrogen-bond donors (Lipinski definition) is 2. The lowest BCUT2D eigenvalue weighted by molar-refractivity contribution is -0.127. The fourth-order valence-electron chi connectivity index (χ4n) is 2.07. The number of rotatable bonds is 7. The molecule has 0 spiro atoms. The Hall–Kier alpha value is -2.54. The summed E-state index contributed by atoms with van der Waals surface area (Å²) in [6.45, 7) is 1.31. The molecule has 7 heteroatoms. The highest BCUT2D eigenvalue weighted by Crippen LogP contribution is 2.17. The first-order valence-electron chi connectivity index (χ1n) is 7.96. The molecule has 134 valence electrons. The van der Waals surface area contributed by atoms with Crippen molar-refractivity contribution < 1.29 is 9.53 Å². The van der Waals surface area contributed by atoms with Crippen LogP contribution in [-0.4, -0.2) is 44.5 Å². The van der Waals surface area contributed by atoms with E-state index in [1.165, 1.54) is 4.88 Å². The highest BCUT2D eigenvalue weighted by molar-refractivity contribution is 7.09. The topological polar surface area (TPSA) is 66.0 Å². The van der Waals surface area contributed by atoms with E-state index in [0.29, 0.717) is 19.0 Å². The first-order valence-corrected chi connectivity index (χ1v) is 8.84. The number of carbonyl (C=O) groups is 1. The number of carbonyl (C=O) groups excluding carboxylic acids is 1. The number of para-hydroxylation sites is 1. The molecule has 0 aliphatic rings. The number of aliphatic imine (C=N–C) groups is 1. The Morgan fingerprint density at radius 2 is 2.00 bits per heavy atom. The molecular weight excluding hydrogens is 336 g/mol. The van der Waals surface area contributed by atoms with Crippen LogP contribution in [0.25, 0.3) is 0 Å². The minimum Gasteiger partial charge on any atom is -0.496 e. The number of methoxy groups -OCH3 is 1. The normalized spacial score (nSPS) is 11.1. The van der Waals surface area contributed by atoms with E-state index < -0.39 is 0 Å². The molecule has 2 rings (SSSR count). The minimum absolute atomic E-state index is 0.0112. The molecule has 2 aromatic rings. The van der Waals surface area contributed by atoms with Crippen molar-refractivity contribution in [2.75, 3.05) is 27.7 Å². The van der Waals surface area contributed by atoms with E-state index in [4.69, 9.17) is 4.74 Å². The summed E-state index contributed by atoms with van der Waals surface area (Å²) in [5.41, 5.74) is 0.987. The van der Waals surface area contributed by atoms with E-state index in [2.05, 4.69) is 21.7 Å². The molecule has 0 atom stereocenters. The third-order valence-electron chi connectivity index (χ3n) is 3.52. The smallest absolute Gasteiger partial charge is 0.241 e. The molecule has 1 aromatic heterocycles. The fourth-order valence-corrected chi connectivity index (χ4v) is 2.72. The quantitative estimate of drug-likeness (QED) is 0.586. The zero-order chi connectivity index (χ0) is 18.1. The second kappa shape index (κ2) is 9.68. The van der Waals surface area contributed by atoms with Crippen molar-refractivity contribution in [3.05, 3.63) is 52.2 Å². The van der Waals surface area contributed by atoms with E-state index >= 15 is 0 Å². The summed E-state index contributed by atoms with van der Waals surface area (Å²) in [7, 11) is 5.11. The number of nitrogens with one attached hydrogen (secondary N) is 2. The Balaban J connectivity index is 2.04. The van der Waals surface area contributed by atoms with Gasteiger partial charge in [0.05, 0.1) is 26.7 Å². The molecule has 6 nitrogen and oxygen atoms in total. The first kappa shape index (κ1) is 18.8. The third-order valence-corrected chi connectivity index (χ3v) is 4.39. The number of nitrogens with zero attached hydrogens (tertiary/aromatic N) is 2. The van der Waals surface area contributed by atoms with Crippen molar-refractivity contribution in [2.45, 2.75) is 13.1 Å². The standard InChI is InChI=1S/C18H24N4O2S/c1-22(2)17(23)13-21-18(20-12-15-8-6-10-25-15)19-11-14-7-4-5-9-16(14)24-3/h4-10H,11-13H2,1-3H3,(H2,19,20,21). The maximum Gasteiger partial charge on any atom is 0.241 e. The molecule has 0 unspecified atom stereocenters.